The molecule has 0 bridgehead atoms. The summed E-state index contributed by atoms with van der Waals surface area (Å²) in [5.41, 5.74) is 2.87. The van der Waals surface area contributed by atoms with Crippen LogP contribution < -0.4 is 15.6 Å². The Bertz CT molecular complexity index is 1820. The first-order chi connectivity index (χ1) is 18.1. The molecule has 10 nitrogen and oxygen atoms in total. The van der Waals surface area contributed by atoms with Gasteiger partial charge >= 0.3 is 0 Å². The van der Waals surface area contributed by atoms with Gasteiger partial charge in [0, 0.05) is 11.3 Å². The molecule has 5 aromatic rings. The molecule has 0 spiro atoms. The molecular weight excluding hydrogens is 526 g/mol. The molecule has 0 fully saturated rings. The van der Waals surface area contributed by atoms with Crippen LogP contribution in [-0.2, 0) is 16.6 Å². The molecule has 0 saturated heterocycles. The number of thiophene rings is 1. The number of benzene rings is 2. The molecule has 3 heterocycles. The third-order valence-corrected chi connectivity index (χ3v) is 8.67. The zero-order valence-corrected chi connectivity index (χ0v) is 22.3. The minimum atomic E-state index is -3.92. The number of fused-ring (bicyclic) bond motifs is 1. The lowest BCUT2D eigenvalue weighted by molar-refractivity contribution is 0.103. The molecule has 2 aromatic carbocycles. The van der Waals surface area contributed by atoms with E-state index < -0.39 is 15.9 Å². The zero-order valence-electron chi connectivity index (χ0n) is 20.7. The van der Waals surface area contributed by atoms with Crippen molar-refractivity contribution >= 4 is 49.1 Å². The average Bonchev–Trinajstić information content (AvgIpc) is 3.40. The van der Waals surface area contributed by atoms with Crippen LogP contribution in [0.1, 0.15) is 32.1 Å². The molecule has 0 unspecified atom stereocenters. The second-order valence-electron chi connectivity index (χ2n) is 8.71. The summed E-state index contributed by atoms with van der Waals surface area (Å²) in [5, 5.41) is 6.92. The number of sulfonamides is 1. The summed E-state index contributed by atoms with van der Waals surface area (Å²) in [7, 11) is -3.92. The van der Waals surface area contributed by atoms with E-state index >= 15 is 0 Å². The normalized spacial score (nSPS) is 11.6. The van der Waals surface area contributed by atoms with Gasteiger partial charge in [-0.1, -0.05) is 35.5 Å². The topological polar surface area (TPSA) is 136 Å². The number of hydrogen-bond acceptors (Lipinski definition) is 8. The van der Waals surface area contributed by atoms with E-state index in [1.165, 1.54) is 35.2 Å². The van der Waals surface area contributed by atoms with Gasteiger partial charge in [0.25, 0.3) is 21.5 Å². The van der Waals surface area contributed by atoms with Crippen LogP contribution >= 0.6 is 11.3 Å². The number of carbonyl (C=O) groups is 1. The fraction of sp³-hybridized carbons (Fsp3) is 0.154. The van der Waals surface area contributed by atoms with Crippen molar-refractivity contribution < 1.29 is 17.7 Å². The van der Waals surface area contributed by atoms with Crippen LogP contribution in [0.25, 0.3) is 10.2 Å². The minimum Gasteiger partial charge on any atom is -0.337 e. The number of carbonyl (C=O) groups excluding carboxylic acids is 1. The van der Waals surface area contributed by atoms with Crippen LogP contribution in [0.5, 0.6) is 0 Å². The molecule has 0 saturated carbocycles. The molecule has 2 N–H and O–H groups in total. The zero-order chi connectivity index (χ0) is 27.0. The highest BCUT2D eigenvalue weighted by atomic mass is 32.2. The summed E-state index contributed by atoms with van der Waals surface area (Å²) in [6.07, 6.45) is 1.49. The fourth-order valence-corrected chi connectivity index (χ4v) is 5.95. The minimum absolute atomic E-state index is 0.00911. The molecule has 0 radical (unpaired) electrons. The van der Waals surface area contributed by atoms with Gasteiger partial charge in [0.15, 0.2) is 0 Å². The highest BCUT2D eigenvalue weighted by Gasteiger charge is 2.21. The average molecular weight is 550 g/mol. The van der Waals surface area contributed by atoms with Crippen LogP contribution in [0.4, 0.5) is 11.6 Å². The van der Waals surface area contributed by atoms with Gasteiger partial charge in [-0.2, -0.15) is 0 Å². The number of nitrogens with zero attached hydrogens (tertiary/aromatic N) is 3. The van der Waals surface area contributed by atoms with Gasteiger partial charge in [0.05, 0.1) is 33.7 Å². The lowest BCUT2D eigenvalue weighted by atomic mass is 10.2. The first-order valence-electron chi connectivity index (χ1n) is 11.5. The first-order valence-corrected chi connectivity index (χ1v) is 13.8. The Labute approximate surface area is 222 Å². The van der Waals surface area contributed by atoms with Crippen molar-refractivity contribution in [1.82, 2.24) is 14.7 Å². The van der Waals surface area contributed by atoms with E-state index in [-0.39, 0.29) is 16.3 Å². The quantitative estimate of drug-likeness (QED) is 0.306. The molecule has 3 aromatic heterocycles. The van der Waals surface area contributed by atoms with Crippen molar-refractivity contribution in [3.63, 3.8) is 0 Å². The summed E-state index contributed by atoms with van der Waals surface area (Å²) in [4.78, 5) is 31.5. The molecule has 0 aliphatic carbocycles. The first kappa shape index (κ1) is 25.4. The number of hydrogen-bond donors (Lipinski definition) is 2. The summed E-state index contributed by atoms with van der Waals surface area (Å²) < 4.78 is 34.4. The van der Waals surface area contributed by atoms with Gasteiger partial charge in [-0.25, -0.2) is 18.1 Å². The maximum Gasteiger partial charge on any atom is 0.266 e. The molecule has 0 aliphatic rings. The number of aryl methyl sites for hydroxylation is 2. The van der Waals surface area contributed by atoms with Gasteiger partial charge in [0.2, 0.25) is 5.88 Å². The van der Waals surface area contributed by atoms with E-state index in [0.717, 1.165) is 16.9 Å². The number of rotatable bonds is 7. The largest absolute Gasteiger partial charge is 0.337 e. The van der Waals surface area contributed by atoms with E-state index in [1.54, 1.807) is 20.8 Å². The number of aromatic nitrogens is 3. The van der Waals surface area contributed by atoms with E-state index in [1.807, 2.05) is 30.3 Å². The Morgan fingerprint density at radius 3 is 2.39 bits per heavy atom. The molecule has 12 heteroatoms. The van der Waals surface area contributed by atoms with Crippen LogP contribution in [0.2, 0.25) is 0 Å². The van der Waals surface area contributed by atoms with Gasteiger partial charge < -0.3 is 9.84 Å². The highest BCUT2D eigenvalue weighted by molar-refractivity contribution is 7.92. The summed E-state index contributed by atoms with van der Waals surface area (Å²) in [5.74, 6) is -0.363. The van der Waals surface area contributed by atoms with Crippen LogP contribution in [0.3, 0.4) is 0 Å². The smallest absolute Gasteiger partial charge is 0.266 e. The monoisotopic (exact) mass is 549 g/mol. The summed E-state index contributed by atoms with van der Waals surface area (Å²) in [6, 6.07) is 15.3. The number of amides is 1. The molecule has 0 aliphatic heterocycles. The third kappa shape index (κ3) is 4.83. The van der Waals surface area contributed by atoms with E-state index in [4.69, 9.17) is 4.52 Å². The Hall–Kier alpha value is -4.29. The van der Waals surface area contributed by atoms with E-state index in [2.05, 4.69) is 20.2 Å². The van der Waals surface area contributed by atoms with Crippen LogP contribution in [-0.4, -0.2) is 29.0 Å². The lowest BCUT2D eigenvalue weighted by Crippen LogP contribution is -2.21. The summed E-state index contributed by atoms with van der Waals surface area (Å²) in [6.45, 7) is 5.51. The van der Waals surface area contributed by atoms with Gasteiger partial charge in [-0.3, -0.25) is 14.2 Å². The van der Waals surface area contributed by atoms with E-state index in [9.17, 15) is 18.0 Å². The van der Waals surface area contributed by atoms with Crippen LogP contribution in [0, 0.1) is 20.8 Å². The molecule has 194 valence electrons. The summed E-state index contributed by atoms with van der Waals surface area (Å²) >= 11 is 1.13. The van der Waals surface area contributed by atoms with Gasteiger partial charge in [0.1, 0.15) is 4.83 Å². The Morgan fingerprint density at radius 1 is 1.03 bits per heavy atom. The van der Waals surface area contributed by atoms with Crippen molar-refractivity contribution in [2.75, 3.05) is 10.0 Å². The Balaban J connectivity index is 1.35. The third-order valence-electron chi connectivity index (χ3n) is 6.13. The Kier molecular flexibility index (Phi) is 6.59. The molecule has 1 amide bonds. The molecule has 5 rings (SSSR count). The molecule has 0 atom stereocenters. The van der Waals surface area contributed by atoms with Crippen molar-refractivity contribution in [2.24, 2.45) is 0 Å². The van der Waals surface area contributed by atoms with Gasteiger partial charge in [-0.05, 0) is 56.2 Å². The predicted octanol–water partition coefficient (Wildman–Crippen LogP) is 4.47. The van der Waals surface area contributed by atoms with E-state index in [0.29, 0.717) is 44.1 Å². The standard InChI is InChI=1S/C26H23N5O5S2/c1-15-17(3)29-36-24(15)30-38(34,35)20-11-9-19(10-12-20)28-23(32)22-16(2)21-25(37-22)27-14-31(26(21)33)13-18-7-5-4-6-8-18/h4-12,14,30H,13H2,1-3H3,(H,28,32). The fourth-order valence-electron chi connectivity index (χ4n) is 3.87. The SMILES string of the molecule is Cc1noc(NS(=O)(=O)c2ccc(NC(=O)c3sc4ncn(Cc5ccccc5)c(=O)c4c3C)cc2)c1C. The van der Waals surface area contributed by atoms with Crippen molar-refractivity contribution in [2.45, 2.75) is 32.2 Å². The van der Waals surface area contributed by atoms with Crippen molar-refractivity contribution in [1.29, 1.82) is 0 Å². The number of nitrogens with one attached hydrogen (secondary N) is 2. The second kappa shape index (κ2) is 9.88. The maximum atomic E-state index is 13.2. The lowest BCUT2D eigenvalue weighted by Gasteiger charge is -2.08. The van der Waals surface area contributed by atoms with Crippen molar-refractivity contribution in [3.8, 4) is 0 Å². The van der Waals surface area contributed by atoms with Crippen molar-refractivity contribution in [3.05, 3.63) is 98.5 Å². The molecule has 38 heavy (non-hydrogen) atoms. The predicted molar refractivity (Wildman–Crippen MR) is 145 cm³/mol. The maximum absolute atomic E-state index is 13.2. The molecular formula is C26H23N5O5S2. The van der Waals surface area contributed by atoms with Gasteiger partial charge in [-0.15, -0.1) is 11.3 Å². The number of anilines is 2. The second-order valence-corrected chi connectivity index (χ2v) is 11.4. The Morgan fingerprint density at radius 2 is 1.74 bits per heavy atom. The highest BCUT2D eigenvalue weighted by Crippen LogP contribution is 2.28. The van der Waals surface area contributed by atoms with Crippen LogP contribution in [0.15, 0.2) is 75.1 Å².